The van der Waals surface area contributed by atoms with Crippen LogP contribution in [0.4, 0.5) is 0 Å². The summed E-state index contributed by atoms with van der Waals surface area (Å²) in [5, 5.41) is 9.48. The van der Waals surface area contributed by atoms with Gasteiger partial charge in [-0.1, -0.05) is 85.5 Å². The summed E-state index contributed by atoms with van der Waals surface area (Å²) in [7, 11) is 0. The first-order valence-corrected chi connectivity index (χ1v) is 28.7. The van der Waals surface area contributed by atoms with Crippen molar-refractivity contribution in [2.75, 3.05) is 106 Å². The van der Waals surface area contributed by atoms with Gasteiger partial charge in [-0.25, -0.2) is 62.3 Å². The lowest BCUT2D eigenvalue weighted by Crippen LogP contribution is -2.47. The number of ether oxygens (including phenoxy) is 14. The molecule has 0 aromatic rings. The second-order valence-electron chi connectivity index (χ2n) is 22.7. The predicted molar refractivity (Wildman–Crippen MR) is 349 cm³/mol. The van der Waals surface area contributed by atoms with Crippen LogP contribution in [-0.4, -0.2) is 188 Å². The third-order valence-corrected chi connectivity index (χ3v) is 11.8. The summed E-state index contributed by atoms with van der Waals surface area (Å²) in [5.41, 5.74) is -4.77. The van der Waals surface area contributed by atoms with Gasteiger partial charge < -0.3 is 71.4 Å². The van der Waals surface area contributed by atoms with Gasteiger partial charge in [-0.2, -0.15) is 0 Å². The molecule has 0 bridgehead atoms. The second kappa shape index (κ2) is 45.9. The third kappa shape index (κ3) is 38.6. The summed E-state index contributed by atoms with van der Waals surface area (Å²) >= 11 is 0. The fraction of sp³-hybridized carbons (Fsp3) is 0.435. The average molecular weight is 1370 g/mol. The van der Waals surface area contributed by atoms with Crippen LogP contribution in [0.1, 0.15) is 69.2 Å². The molecular formula is C69H92O28. The Kier molecular flexibility index (Phi) is 43.0. The van der Waals surface area contributed by atoms with Crippen LogP contribution in [0.5, 0.6) is 0 Å². The summed E-state index contributed by atoms with van der Waals surface area (Å²) in [5.74, 6) is -9.73. The molecule has 0 aliphatic rings. The van der Waals surface area contributed by atoms with Crippen molar-refractivity contribution in [2.24, 2.45) is 21.7 Å². The van der Waals surface area contributed by atoms with E-state index < -0.39 is 159 Å². The van der Waals surface area contributed by atoms with E-state index in [0.717, 1.165) is 18.2 Å². The minimum Gasteiger partial charge on any atom is -0.462 e. The molecule has 0 rings (SSSR count). The molecule has 0 radical (unpaired) electrons. The van der Waals surface area contributed by atoms with Crippen LogP contribution in [0.2, 0.25) is 0 Å². The van der Waals surface area contributed by atoms with E-state index in [1.54, 1.807) is 0 Å². The predicted octanol–water partition coefficient (Wildman–Crippen LogP) is 6.29. The molecule has 0 amide bonds. The Balaban J connectivity index is -0.00000150. The zero-order chi connectivity index (χ0) is 75.6. The molecule has 0 aromatic heterocycles. The minimum absolute atomic E-state index is 0.0645. The van der Waals surface area contributed by atoms with E-state index >= 15 is 0 Å². The molecule has 0 aliphatic carbocycles. The molecule has 28 nitrogen and oxygen atoms in total. The van der Waals surface area contributed by atoms with Gasteiger partial charge in [-0.05, 0) is 69.2 Å². The number of hydrogen-bond donors (Lipinski definition) is 1. The van der Waals surface area contributed by atoms with Crippen LogP contribution in [0.25, 0.3) is 0 Å². The van der Waals surface area contributed by atoms with Crippen molar-refractivity contribution in [3.05, 3.63) is 159 Å². The smallest absolute Gasteiger partial charge is 0.333 e. The highest BCUT2D eigenvalue weighted by molar-refractivity contribution is 5.91. The molecule has 536 valence electrons. The molecule has 28 heteroatoms. The van der Waals surface area contributed by atoms with Crippen LogP contribution in [-0.2, 0) is 129 Å². The van der Waals surface area contributed by atoms with Gasteiger partial charge in [0.05, 0.1) is 36.1 Å². The first kappa shape index (κ1) is 90.8. The normalized spacial score (nSPS) is 10.5. The Morgan fingerprint density at radius 3 is 0.474 bits per heavy atom. The summed E-state index contributed by atoms with van der Waals surface area (Å²) in [4.78, 5) is 155. The maximum Gasteiger partial charge on any atom is 0.333 e. The van der Waals surface area contributed by atoms with Crippen LogP contribution in [0.3, 0.4) is 0 Å². The highest BCUT2D eigenvalue weighted by Crippen LogP contribution is 2.28. The Bertz CT molecular complexity index is 2620. The monoisotopic (exact) mass is 1370 g/mol. The largest absolute Gasteiger partial charge is 0.462 e. The number of aliphatic hydroxyl groups is 1. The average Bonchev–Trinajstić information content (AvgIpc) is 0.914. The number of carbonyl (C=O) groups is 13. The van der Waals surface area contributed by atoms with Gasteiger partial charge in [0.15, 0.2) is 0 Å². The summed E-state index contributed by atoms with van der Waals surface area (Å²) in [6, 6.07) is 0. The minimum atomic E-state index is -1.52. The van der Waals surface area contributed by atoms with Gasteiger partial charge in [0.1, 0.15) is 91.3 Å². The summed E-state index contributed by atoms with van der Waals surface area (Å²) in [6.45, 7) is 52.4. The van der Waals surface area contributed by atoms with E-state index in [2.05, 4.69) is 85.5 Å². The lowest BCUT2D eigenvalue weighted by molar-refractivity contribution is -0.172. The molecule has 0 atom stereocenters. The number of aliphatic hydroxyl groups excluding tert-OH is 1. The van der Waals surface area contributed by atoms with Crippen LogP contribution < -0.4 is 0 Å². The van der Waals surface area contributed by atoms with Crippen LogP contribution in [0.15, 0.2) is 159 Å². The SMILES string of the molecule is C=C(C)C(=O)OCC(COC(=O)C(=C)C)(COC(=O)C(=C)C)COC(=O)C(=C)C.C=C(C)C(=O)OCC(COCC(COC(=O)C(=C)C)(COC(=O)C(=C)C)COC(=O)C(=C)C)(COC(=O)C(=C)C)COC(=O)C(=C)C.C=CC(=O)OCC(CO)(COC(=O)C=C)COC(=O)C=C. The van der Waals surface area contributed by atoms with Gasteiger partial charge in [0, 0.05) is 74.0 Å². The van der Waals surface area contributed by atoms with Crippen molar-refractivity contribution < 1.29 is 134 Å². The van der Waals surface area contributed by atoms with Crippen molar-refractivity contribution in [3.63, 3.8) is 0 Å². The van der Waals surface area contributed by atoms with Crippen molar-refractivity contribution in [1.29, 1.82) is 0 Å². The quantitative estimate of drug-likeness (QED) is 0.0397. The van der Waals surface area contributed by atoms with E-state index in [9.17, 15) is 67.4 Å². The zero-order valence-corrected chi connectivity index (χ0v) is 57.2. The highest BCUT2D eigenvalue weighted by atomic mass is 16.6. The van der Waals surface area contributed by atoms with Crippen LogP contribution >= 0.6 is 0 Å². The molecule has 97 heavy (non-hydrogen) atoms. The highest BCUT2D eigenvalue weighted by Gasteiger charge is 2.42. The molecule has 0 unspecified atom stereocenters. The molecule has 0 heterocycles. The standard InChI is InChI=1S/C34H46O13.C21H28O8.C14H18O7/c1-21(2)27(35)42-15-33(16-43-28(36)22(3)4,17-44-29(37)23(5)6)13-41-14-34(18-45-30(38)24(7)8,19-46-31(39)25(9)10)20-47-32(40)26(11)12;1-13(2)17(22)26-9-21(10-27-18(23)14(3)4,11-28-19(24)15(5)6)12-29-20(25)16(7)8;1-4-11(16)19-8-14(7-15,9-20-12(17)5-2)10-21-13(18)6-3/h1,3,5,7,9,11,13-20H2,2,4,6,8,10,12H3;1,3,5,7,9-12H2,2,4,6,8H3;4-6,15H,1-3,7-10H2. The van der Waals surface area contributed by atoms with E-state index in [0.29, 0.717) is 0 Å². The second-order valence-corrected chi connectivity index (χ2v) is 22.7. The van der Waals surface area contributed by atoms with Gasteiger partial charge in [0.2, 0.25) is 0 Å². The zero-order valence-electron chi connectivity index (χ0n) is 57.2. The van der Waals surface area contributed by atoms with Crippen molar-refractivity contribution in [2.45, 2.75) is 69.2 Å². The van der Waals surface area contributed by atoms with E-state index in [1.165, 1.54) is 69.2 Å². The van der Waals surface area contributed by atoms with E-state index in [-0.39, 0.29) is 102 Å². The number of carbonyl (C=O) groups excluding carboxylic acids is 13. The molecular weight excluding hydrogens is 1280 g/mol. The number of hydrogen-bond acceptors (Lipinski definition) is 28. The molecule has 0 aromatic carbocycles. The molecule has 0 saturated heterocycles. The maximum absolute atomic E-state index is 12.4. The molecule has 0 saturated carbocycles. The maximum atomic E-state index is 12.4. The fourth-order valence-corrected chi connectivity index (χ4v) is 5.76. The molecule has 0 aliphatic heterocycles. The Morgan fingerprint density at radius 1 is 0.237 bits per heavy atom. The lowest BCUT2D eigenvalue weighted by atomic mass is 9.90. The van der Waals surface area contributed by atoms with Gasteiger partial charge in [0.25, 0.3) is 0 Å². The first-order chi connectivity index (χ1) is 44.9. The van der Waals surface area contributed by atoms with Gasteiger partial charge in [-0.3, -0.25) is 0 Å². The molecule has 0 fully saturated rings. The summed E-state index contributed by atoms with van der Waals surface area (Å²) < 4.78 is 73.4. The number of rotatable bonds is 44. The summed E-state index contributed by atoms with van der Waals surface area (Å²) in [6.07, 6.45) is 2.81. The third-order valence-electron chi connectivity index (χ3n) is 11.8. The van der Waals surface area contributed by atoms with E-state index in [1.807, 2.05) is 0 Å². The Labute approximate surface area is 565 Å². The Morgan fingerprint density at radius 2 is 0.361 bits per heavy atom. The van der Waals surface area contributed by atoms with E-state index in [4.69, 9.17) is 66.3 Å². The van der Waals surface area contributed by atoms with Crippen molar-refractivity contribution >= 4 is 77.6 Å². The fourth-order valence-electron chi connectivity index (χ4n) is 5.76. The first-order valence-electron chi connectivity index (χ1n) is 28.7. The van der Waals surface area contributed by atoms with Gasteiger partial charge in [-0.15, -0.1) is 0 Å². The van der Waals surface area contributed by atoms with Crippen LogP contribution in [0, 0.1) is 21.7 Å². The van der Waals surface area contributed by atoms with Gasteiger partial charge >= 0.3 is 77.6 Å². The van der Waals surface area contributed by atoms with Crippen molar-refractivity contribution in [3.8, 4) is 0 Å². The number of esters is 13. The Hall–Kier alpha value is -10.4. The molecule has 0 spiro atoms. The van der Waals surface area contributed by atoms with Crippen molar-refractivity contribution in [1.82, 2.24) is 0 Å². The lowest BCUT2D eigenvalue weighted by Gasteiger charge is -2.35. The molecule has 1 N–H and O–H groups in total. The topological polar surface area (TPSA) is 371 Å².